The van der Waals surface area contributed by atoms with Crippen molar-refractivity contribution in [1.82, 2.24) is 4.98 Å². The van der Waals surface area contributed by atoms with Gasteiger partial charge in [0, 0.05) is 18.1 Å². The van der Waals surface area contributed by atoms with Gasteiger partial charge < -0.3 is 9.47 Å². The average Bonchev–Trinajstić information content (AvgIpc) is 2.96. The topological polar surface area (TPSA) is 48.4 Å². The van der Waals surface area contributed by atoms with Crippen molar-refractivity contribution >= 4 is 11.5 Å². The Morgan fingerprint density at radius 2 is 1.96 bits per heavy atom. The molecule has 0 amide bonds. The lowest BCUT2D eigenvalue weighted by atomic mass is 9.84. The van der Waals surface area contributed by atoms with Crippen LogP contribution in [-0.2, 0) is 14.9 Å². The maximum absolute atomic E-state index is 13.3. The smallest absolute Gasteiger partial charge is 0.417 e. The van der Waals surface area contributed by atoms with Crippen molar-refractivity contribution in [3.63, 3.8) is 0 Å². The van der Waals surface area contributed by atoms with E-state index in [1.54, 1.807) is 6.92 Å². The summed E-state index contributed by atoms with van der Waals surface area (Å²) in [5.41, 5.74) is -1.39. The number of ether oxygens (including phenoxy) is 2. The summed E-state index contributed by atoms with van der Waals surface area (Å²) in [6.45, 7) is 6.10. The molecule has 8 heteroatoms. The molecule has 2 aromatic rings. The molecule has 0 N–H and O–H groups in total. The van der Waals surface area contributed by atoms with Crippen molar-refractivity contribution in [1.29, 1.82) is 0 Å². The first-order valence-electron chi connectivity index (χ1n) is 8.35. The number of carbonyl (C=O) groups excluding carboxylic acids is 1. The summed E-state index contributed by atoms with van der Waals surface area (Å²) in [5.74, 6) is -0.723. The number of hydrogen-bond acceptors (Lipinski definition) is 4. The van der Waals surface area contributed by atoms with Gasteiger partial charge in [-0.1, -0.05) is 6.58 Å². The van der Waals surface area contributed by atoms with Crippen molar-refractivity contribution < 1.29 is 31.8 Å². The third kappa shape index (κ3) is 3.72. The second-order valence-electron chi connectivity index (χ2n) is 6.85. The van der Waals surface area contributed by atoms with E-state index in [1.165, 1.54) is 37.3 Å². The highest BCUT2D eigenvalue weighted by Gasteiger charge is 2.42. The zero-order chi connectivity index (χ0) is 20.7. The Morgan fingerprint density at radius 3 is 2.54 bits per heavy atom. The van der Waals surface area contributed by atoms with Gasteiger partial charge in [-0.25, -0.2) is 9.37 Å². The molecule has 1 atom stereocenters. The van der Waals surface area contributed by atoms with Gasteiger partial charge in [-0.05, 0) is 37.3 Å². The summed E-state index contributed by atoms with van der Waals surface area (Å²) < 4.78 is 63.8. The molecule has 2 heterocycles. The van der Waals surface area contributed by atoms with Gasteiger partial charge in [0.05, 0.1) is 16.7 Å². The van der Waals surface area contributed by atoms with E-state index in [2.05, 4.69) is 11.6 Å². The number of nitrogens with zero attached hydrogens (tertiary/aromatic N) is 1. The molecule has 1 unspecified atom stereocenters. The molecule has 4 nitrogen and oxygen atoms in total. The molecule has 0 spiro atoms. The van der Waals surface area contributed by atoms with E-state index < -0.39 is 29.0 Å². The van der Waals surface area contributed by atoms with Crippen molar-refractivity contribution in [2.45, 2.75) is 25.4 Å². The van der Waals surface area contributed by atoms with Gasteiger partial charge >= 0.3 is 12.1 Å². The number of fused-ring (bicyclic) bond motifs is 1. The molecule has 1 aromatic heterocycles. The number of rotatable bonds is 4. The van der Waals surface area contributed by atoms with Crippen LogP contribution in [-0.4, -0.2) is 30.3 Å². The highest BCUT2D eigenvalue weighted by molar-refractivity contribution is 5.75. The number of alkyl halides is 3. The maximum Gasteiger partial charge on any atom is 0.417 e. The van der Waals surface area contributed by atoms with E-state index in [0.29, 0.717) is 11.1 Å². The second-order valence-corrected chi connectivity index (χ2v) is 6.85. The van der Waals surface area contributed by atoms with Crippen LogP contribution in [0.3, 0.4) is 0 Å². The fourth-order valence-electron chi connectivity index (χ4n) is 2.92. The molecule has 0 bridgehead atoms. The molecule has 0 fully saturated rings. The molecule has 1 aromatic carbocycles. The fraction of sp³-hybridized carbons (Fsp3) is 0.300. The summed E-state index contributed by atoms with van der Waals surface area (Å²) in [6, 6.07) is 6.43. The largest absolute Gasteiger partial charge is 0.490 e. The van der Waals surface area contributed by atoms with Crippen molar-refractivity contribution in [2.75, 3.05) is 13.2 Å². The number of hydrogen-bond donors (Lipinski definition) is 0. The minimum Gasteiger partial charge on any atom is -0.490 e. The number of carbonyl (C=O) groups is 1. The summed E-state index contributed by atoms with van der Waals surface area (Å²) >= 11 is 0. The van der Waals surface area contributed by atoms with Crippen molar-refractivity contribution in [3.05, 3.63) is 54.0 Å². The predicted octanol–water partition coefficient (Wildman–Crippen LogP) is 4.68. The summed E-state index contributed by atoms with van der Waals surface area (Å²) in [6.07, 6.45) is -4.67. The van der Waals surface area contributed by atoms with Gasteiger partial charge in [0.2, 0.25) is 0 Å². The minimum atomic E-state index is -4.67. The first kappa shape index (κ1) is 19.9. The lowest BCUT2D eigenvalue weighted by Crippen LogP contribution is -2.31. The first-order chi connectivity index (χ1) is 13.0. The van der Waals surface area contributed by atoms with Crippen LogP contribution >= 0.6 is 0 Å². The number of halogens is 4. The highest BCUT2D eigenvalue weighted by Crippen LogP contribution is 2.46. The van der Waals surface area contributed by atoms with Crippen LogP contribution in [0.4, 0.5) is 17.6 Å². The molecule has 0 saturated carbocycles. The van der Waals surface area contributed by atoms with Crippen LogP contribution in [0.25, 0.3) is 16.8 Å². The Labute approximate surface area is 158 Å². The number of allylic oxidation sites excluding steroid dienone is 1. The van der Waals surface area contributed by atoms with Crippen LogP contribution in [0.15, 0.2) is 36.9 Å². The van der Waals surface area contributed by atoms with Crippen LogP contribution in [0.1, 0.15) is 25.1 Å². The molecule has 3 rings (SSSR count). The van der Waals surface area contributed by atoms with E-state index >= 15 is 0 Å². The van der Waals surface area contributed by atoms with E-state index in [9.17, 15) is 22.4 Å². The number of aromatic nitrogens is 1. The van der Waals surface area contributed by atoms with Gasteiger partial charge in [0.1, 0.15) is 30.5 Å². The van der Waals surface area contributed by atoms with Gasteiger partial charge in [-0.2, -0.15) is 13.2 Å². The number of benzene rings is 1. The third-order valence-corrected chi connectivity index (χ3v) is 4.52. The lowest BCUT2D eigenvalue weighted by molar-refractivity contribution is -0.142. The fourth-order valence-corrected chi connectivity index (χ4v) is 2.92. The second kappa shape index (κ2) is 6.92. The van der Waals surface area contributed by atoms with E-state index in [0.717, 1.165) is 0 Å². The molecule has 1 aliphatic rings. The van der Waals surface area contributed by atoms with Crippen LogP contribution in [0.5, 0.6) is 5.75 Å². The SMILES string of the molecule is C=C(c1cc2c(c(-c3ccc(F)cc3)n1)OCC2(C)COC(C)=O)C(F)(F)F. The first-order valence-corrected chi connectivity index (χ1v) is 8.35. The van der Waals surface area contributed by atoms with Crippen LogP contribution in [0.2, 0.25) is 0 Å². The Bertz CT molecular complexity index is 938. The molecule has 0 saturated heterocycles. The highest BCUT2D eigenvalue weighted by atomic mass is 19.4. The summed E-state index contributed by atoms with van der Waals surface area (Å²) in [7, 11) is 0. The van der Waals surface area contributed by atoms with Crippen molar-refractivity contribution in [3.8, 4) is 17.0 Å². The normalized spacial score (nSPS) is 18.4. The number of pyridine rings is 1. The molecule has 1 aliphatic heterocycles. The van der Waals surface area contributed by atoms with E-state index in [4.69, 9.17) is 9.47 Å². The van der Waals surface area contributed by atoms with Gasteiger partial charge in [0.25, 0.3) is 0 Å². The standard InChI is InChI=1S/C20H17F4NO3/c1-11(20(22,23)24)16-8-15-18(28-10-19(15,3)9-27-12(2)26)17(25-16)13-4-6-14(21)7-5-13/h4-8H,1,9-10H2,2-3H3. The Morgan fingerprint density at radius 1 is 1.32 bits per heavy atom. The Kier molecular flexibility index (Phi) is 4.91. The van der Waals surface area contributed by atoms with Crippen molar-refractivity contribution in [2.24, 2.45) is 0 Å². The van der Waals surface area contributed by atoms with Crippen LogP contribution < -0.4 is 4.74 Å². The molecular formula is C20H17F4NO3. The Hall–Kier alpha value is -2.90. The van der Waals surface area contributed by atoms with Gasteiger partial charge in [-0.15, -0.1) is 0 Å². The maximum atomic E-state index is 13.3. The average molecular weight is 395 g/mol. The monoisotopic (exact) mass is 395 g/mol. The van der Waals surface area contributed by atoms with E-state index in [-0.39, 0.29) is 30.4 Å². The zero-order valence-electron chi connectivity index (χ0n) is 15.2. The molecule has 28 heavy (non-hydrogen) atoms. The molecular weight excluding hydrogens is 378 g/mol. The number of esters is 1. The zero-order valence-corrected chi connectivity index (χ0v) is 15.2. The third-order valence-electron chi connectivity index (χ3n) is 4.52. The lowest BCUT2D eigenvalue weighted by Gasteiger charge is -2.23. The summed E-state index contributed by atoms with van der Waals surface area (Å²) in [4.78, 5) is 15.3. The van der Waals surface area contributed by atoms with Crippen LogP contribution in [0, 0.1) is 5.82 Å². The van der Waals surface area contributed by atoms with E-state index in [1.807, 2.05) is 0 Å². The Balaban J connectivity index is 2.18. The van der Waals surface area contributed by atoms with Gasteiger partial charge in [-0.3, -0.25) is 4.79 Å². The molecule has 148 valence electrons. The molecule has 0 aliphatic carbocycles. The molecule has 0 radical (unpaired) electrons. The quantitative estimate of drug-likeness (QED) is 0.557. The summed E-state index contributed by atoms with van der Waals surface area (Å²) in [5, 5.41) is 0. The predicted molar refractivity (Wildman–Crippen MR) is 94.2 cm³/mol. The minimum absolute atomic E-state index is 0.0693. The van der Waals surface area contributed by atoms with Gasteiger partial charge in [0.15, 0.2) is 0 Å².